The third-order valence-electron chi connectivity index (χ3n) is 3.66. The Labute approximate surface area is 128 Å². The van der Waals surface area contributed by atoms with Gasteiger partial charge in [-0.2, -0.15) is 4.31 Å². The molecule has 0 aliphatic carbocycles. The van der Waals surface area contributed by atoms with E-state index in [0.29, 0.717) is 24.5 Å². The van der Waals surface area contributed by atoms with Crippen molar-refractivity contribution in [3.8, 4) is 11.5 Å². The second-order valence-electron chi connectivity index (χ2n) is 4.88. The maximum absolute atomic E-state index is 12.8. The van der Waals surface area contributed by atoms with Gasteiger partial charge in [-0.25, -0.2) is 8.42 Å². The van der Waals surface area contributed by atoms with E-state index in [1.807, 2.05) is 0 Å². The van der Waals surface area contributed by atoms with Crippen molar-refractivity contribution in [3.63, 3.8) is 0 Å². The molecule has 0 amide bonds. The zero-order valence-corrected chi connectivity index (χ0v) is 13.1. The summed E-state index contributed by atoms with van der Waals surface area (Å²) in [7, 11) is -0.637. The summed E-state index contributed by atoms with van der Waals surface area (Å²) in [6, 6.07) is 4.57. The average molecular weight is 324 g/mol. The lowest BCUT2D eigenvalue weighted by Gasteiger charge is -2.25. The van der Waals surface area contributed by atoms with E-state index < -0.39 is 10.0 Å². The number of sulfonamides is 1. The van der Waals surface area contributed by atoms with E-state index in [0.717, 1.165) is 11.3 Å². The molecule has 1 aromatic carbocycles. The Morgan fingerprint density at radius 1 is 1.23 bits per heavy atom. The van der Waals surface area contributed by atoms with Crippen LogP contribution in [0.1, 0.15) is 11.3 Å². The van der Waals surface area contributed by atoms with Crippen molar-refractivity contribution in [2.24, 2.45) is 0 Å². The zero-order valence-electron chi connectivity index (χ0n) is 12.3. The number of ether oxygens (including phenoxy) is 2. The van der Waals surface area contributed by atoms with Crippen LogP contribution in [0.4, 0.5) is 0 Å². The fraction of sp³-hybridized carbons (Fsp3) is 0.357. The second kappa shape index (κ2) is 5.62. The van der Waals surface area contributed by atoms with Crippen molar-refractivity contribution in [2.75, 3.05) is 20.8 Å². The molecular weight excluding hydrogens is 308 g/mol. The molecule has 0 bridgehead atoms. The molecule has 1 aliphatic heterocycles. The third kappa shape index (κ3) is 2.44. The molecule has 0 radical (unpaired) electrons. The van der Waals surface area contributed by atoms with Crippen LogP contribution in [0.5, 0.6) is 11.5 Å². The molecule has 0 unspecified atom stereocenters. The molecule has 2 aromatic rings. The van der Waals surface area contributed by atoms with Gasteiger partial charge in [0.1, 0.15) is 5.76 Å². The molecule has 2 heterocycles. The number of rotatable bonds is 4. The Balaban J connectivity index is 1.94. The predicted octanol–water partition coefficient (Wildman–Crippen LogP) is 1.44. The van der Waals surface area contributed by atoms with E-state index in [4.69, 9.17) is 14.0 Å². The van der Waals surface area contributed by atoms with Gasteiger partial charge in [-0.05, 0) is 12.1 Å². The fourth-order valence-electron chi connectivity index (χ4n) is 2.45. The van der Waals surface area contributed by atoms with Gasteiger partial charge in [0.15, 0.2) is 11.5 Å². The lowest BCUT2D eigenvalue weighted by atomic mass is 10.1. The summed E-state index contributed by atoms with van der Waals surface area (Å²) in [6.07, 6.45) is 2.08. The summed E-state index contributed by atoms with van der Waals surface area (Å²) in [6.45, 7) is 0.619. The molecule has 0 saturated heterocycles. The minimum Gasteiger partial charge on any atom is -0.493 e. The highest BCUT2D eigenvalue weighted by Crippen LogP contribution is 2.32. The molecule has 118 valence electrons. The van der Waals surface area contributed by atoms with E-state index in [9.17, 15) is 8.42 Å². The van der Waals surface area contributed by atoms with Crippen LogP contribution in [0, 0.1) is 0 Å². The van der Waals surface area contributed by atoms with Crippen LogP contribution in [0.15, 0.2) is 33.8 Å². The molecule has 0 spiro atoms. The standard InChI is InChI=1S/C14H16N2O5S/c1-19-13-4-3-11(7-14(13)20-2)22(17,18)16-6-5-12-10(9-16)8-15-21-12/h3-4,7-8H,5-6,9H2,1-2H3. The minimum atomic E-state index is -3.61. The van der Waals surface area contributed by atoms with Crippen LogP contribution < -0.4 is 9.47 Å². The van der Waals surface area contributed by atoms with Crippen molar-refractivity contribution < 1.29 is 22.4 Å². The maximum Gasteiger partial charge on any atom is 0.243 e. The van der Waals surface area contributed by atoms with Gasteiger partial charge < -0.3 is 14.0 Å². The molecule has 7 nitrogen and oxygen atoms in total. The minimum absolute atomic E-state index is 0.171. The second-order valence-corrected chi connectivity index (χ2v) is 6.82. The van der Waals surface area contributed by atoms with Crippen molar-refractivity contribution in [1.29, 1.82) is 0 Å². The van der Waals surface area contributed by atoms with E-state index in [-0.39, 0.29) is 11.4 Å². The number of aromatic nitrogens is 1. The number of nitrogens with zero attached hydrogens (tertiary/aromatic N) is 2. The lowest BCUT2D eigenvalue weighted by Crippen LogP contribution is -2.35. The Morgan fingerprint density at radius 2 is 2.00 bits per heavy atom. The molecule has 0 atom stereocenters. The molecule has 1 aliphatic rings. The van der Waals surface area contributed by atoms with Crippen LogP contribution in [0.3, 0.4) is 0 Å². The predicted molar refractivity (Wildman–Crippen MR) is 77.3 cm³/mol. The molecule has 0 fully saturated rings. The summed E-state index contributed by atoms with van der Waals surface area (Å²) in [4.78, 5) is 0.171. The van der Waals surface area contributed by atoms with Gasteiger partial charge in [-0.3, -0.25) is 0 Å². The van der Waals surface area contributed by atoms with E-state index in [1.165, 1.54) is 30.7 Å². The molecule has 3 rings (SSSR count). The first-order chi connectivity index (χ1) is 10.6. The number of hydrogen-bond donors (Lipinski definition) is 0. The molecule has 0 saturated carbocycles. The van der Waals surface area contributed by atoms with Crippen LogP contribution in [-0.4, -0.2) is 38.6 Å². The summed E-state index contributed by atoms with van der Waals surface area (Å²) >= 11 is 0. The first-order valence-corrected chi connectivity index (χ1v) is 8.15. The average Bonchev–Trinajstić information content (AvgIpc) is 3.01. The van der Waals surface area contributed by atoms with Gasteiger partial charge in [-0.15, -0.1) is 0 Å². The van der Waals surface area contributed by atoms with Crippen LogP contribution in [0.2, 0.25) is 0 Å². The highest BCUT2D eigenvalue weighted by molar-refractivity contribution is 7.89. The van der Waals surface area contributed by atoms with Gasteiger partial charge in [-0.1, -0.05) is 5.16 Å². The topological polar surface area (TPSA) is 81.9 Å². The van der Waals surface area contributed by atoms with E-state index in [1.54, 1.807) is 12.3 Å². The van der Waals surface area contributed by atoms with Gasteiger partial charge in [0.05, 0.1) is 25.3 Å². The summed E-state index contributed by atoms with van der Waals surface area (Å²) < 4.78 is 42.3. The first kappa shape index (κ1) is 14.9. The SMILES string of the molecule is COc1ccc(S(=O)(=O)N2CCc3oncc3C2)cc1OC. The summed E-state index contributed by atoms with van der Waals surface area (Å²) in [5, 5.41) is 3.71. The number of fused-ring (bicyclic) bond motifs is 1. The normalized spacial score (nSPS) is 15.4. The zero-order chi connectivity index (χ0) is 15.7. The van der Waals surface area contributed by atoms with Crippen LogP contribution >= 0.6 is 0 Å². The first-order valence-electron chi connectivity index (χ1n) is 6.71. The number of benzene rings is 1. The quantitative estimate of drug-likeness (QED) is 0.846. The van der Waals surface area contributed by atoms with Crippen LogP contribution in [-0.2, 0) is 23.0 Å². The third-order valence-corrected chi connectivity index (χ3v) is 5.50. The number of hydrogen-bond acceptors (Lipinski definition) is 6. The Morgan fingerprint density at radius 3 is 2.73 bits per heavy atom. The lowest BCUT2D eigenvalue weighted by molar-refractivity contribution is 0.330. The van der Waals surface area contributed by atoms with Crippen molar-refractivity contribution >= 4 is 10.0 Å². The maximum atomic E-state index is 12.8. The molecule has 1 aromatic heterocycles. The Bertz CT molecular complexity index is 784. The van der Waals surface area contributed by atoms with Gasteiger partial charge in [0.2, 0.25) is 10.0 Å². The van der Waals surface area contributed by atoms with E-state index in [2.05, 4.69) is 5.16 Å². The molecular formula is C14H16N2O5S. The summed E-state index contributed by atoms with van der Waals surface area (Å²) in [5.74, 6) is 1.62. The Kier molecular flexibility index (Phi) is 3.79. The van der Waals surface area contributed by atoms with Gasteiger partial charge in [0, 0.05) is 31.1 Å². The van der Waals surface area contributed by atoms with Crippen LogP contribution in [0.25, 0.3) is 0 Å². The van der Waals surface area contributed by atoms with Crippen molar-refractivity contribution in [1.82, 2.24) is 9.46 Å². The van der Waals surface area contributed by atoms with Crippen molar-refractivity contribution in [3.05, 3.63) is 35.7 Å². The highest BCUT2D eigenvalue weighted by atomic mass is 32.2. The van der Waals surface area contributed by atoms with E-state index >= 15 is 0 Å². The monoisotopic (exact) mass is 324 g/mol. The molecule has 8 heteroatoms. The number of methoxy groups -OCH3 is 2. The Hall–Kier alpha value is -2.06. The highest BCUT2D eigenvalue weighted by Gasteiger charge is 2.30. The van der Waals surface area contributed by atoms with Gasteiger partial charge in [0.25, 0.3) is 0 Å². The van der Waals surface area contributed by atoms with Gasteiger partial charge >= 0.3 is 0 Å². The van der Waals surface area contributed by atoms with Crippen molar-refractivity contribution in [2.45, 2.75) is 17.9 Å². The summed E-state index contributed by atoms with van der Waals surface area (Å²) in [5.41, 5.74) is 0.801. The largest absolute Gasteiger partial charge is 0.493 e. The molecule has 0 N–H and O–H groups in total. The fourth-order valence-corrected chi connectivity index (χ4v) is 3.88. The molecule has 22 heavy (non-hydrogen) atoms. The smallest absolute Gasteiger partial charge is 0.243 e.